The third-order valence-electron chi connectivity index (χ3n) is 3.52. The quantitative estimate of drug-likeness (QED) is 0.596. The first-order valence-electron chi connectivity index (χ1n) is 5.94. The topological polar surface area (TPSA) is 78.4 Å². The van der Waals surface area contributed by atoms with E-state index in [9.17, 15) is 9.59 Å². The van der Waals surface area contributed by atoms with Gasteiger partial charge in [-0.15, -0.1) is 0 Å². The zero-order chi connectivity index (χ0) is 11.5. The number of piperazine rings is 1. The molecule has 0 aromatic heterocycles. The molecular weight excluding hydrogens is 208 g/mol. The molecule has 90 valence electrons. The summed E-state index contributed by atoms with van der Waals surface area (Å²) in [6.45, 7) is -0.338. The van der Waals surface area contributed by atoms with Crippen molar-refractivity contribution in [2.45, 2.75) is 44.2 Å². The second-order valence-corrected chi connectivity index (χ2v) is 4.63. The smallest absolute Gasteiger partial charge is 0.245 e. The number of carbonyl (C=O) groups is 2. The van der Waals surface area contributed by atoms with Crippen LogP contribution in [0.15, 0.2) is 0 Å². The van der Waals surface area contributed by atoms with Gasteiger partial charge in [0, 0.05) is 0 Å². The van der Waals surface area contributed by atoms with Gasteiger partial charge in [-0.2, -0.15) is 0 Å². The summed E-state index contributed by atoms with van der Waals surface area (Å²) in [7, 11) is 0. The van der Waals surface area contributed by atoms with Crippen molar-refractivity contribution in [3.05, 3.63) is 0 Å². The van der Waals surface area contributed by atoms with Crippen molar-refractivity contribution in [1.29, 1.82) is 0 Å². The molecule has 1 heterocycles. The zero-order valence-electron chi connectivity index (χ0n) is 9.24. The van der Waals surface area contributed by atoms with Gasteiger partial charge in [-0.25, -0.2) is 0 Å². The maximum Gasteiger partial charge on any atom is 0.245 e. The van der Waals surface area contributed by atoms with E-state index in [0.29, 0.717) is 0 Å². The van der Waals surface area contributed by atoms with E-state index in [0.717, 1.165) is 25.7 Å². The SMILES string of the molecule is O=C1N[C@@H](C2CCCCC2)C(=O)NC1CO. The van der Waals surface area contributed by atoms with E-state index in [4.69, 9.17) is 5.11 Å². The van der Waals surface area contributed by atoms with Crippen LogP contribution in [0.4, 0.5) is 0 Å². The number of carbonyl (C=O) groups excluding carboxylic acids is 2. The number of nitrogens with one attached hydrogen (secondary N) is 2. The molecule has 2 amide bonds. The van der Waals surface area contributed by atoms with E-state index < -0.39 is 12.1 Å². The van der Waals surface area contributed by atoms with Crippen LogP contribution in [-0.2, 0) is 9.59 Å². The number of rotatable bonds is 2. The summed E-state index contributed by atoms with van der Waals surface area (Å²) in [5, 5.41) is 14.2. The average molecular weight is 226 g/mol. The molecule has 1 saturated heterocycles. The van der Waals surface area contributed by atoms with E-state index in [1.54, 1.807) is 0 Å². The summed E-state index contributed by atoms with van der Waals surface area (Å²) < 4.78 is 0. The molecule has 0 aromatic rings. The monoisotopic (exact) mass is 226 g/mol. The highest BCUT2D eigenvalue weighted by atomic mass is 16.3. The molecule has 5 heteroatoms. The Morgan fingerprint density at radius 1 is 1.06 bits per heavy atom. The molecular formula is C11H18N2O3. The van der Waals surface area contributed by atoms with Crippen molar-refractivity contribution in [2.75, 3.05) is 6.61 Å². The predicted molar refractivity (Wildman–Crippen MR) is 57.5 cm³/mol. The summed E-state index contributed by atoms with van der Waals surface area (Å²) in [6, 6.07) is -1.16. The van der Waals surface area contributed by atoms with Crippen LogP contribution in [0.25, 0.3) is 0 Å². The highest BCUT2D eigenvalue weighted by Gasteiger charge is 2.37. The van der Waals surface area contributed by atoms with Crippen molar-refractivity contribution in [3.8, 4) is 0 Å². The van der Waals surface area contributed by atoms with Crippen LogP contribution in [0.2, 0.25) is 0 Å². The van der Waals surface area contributed by atoms with Gasteiger partial charge in [0.1, 0.15) is 12.1 Å². The van der Waals surface area contributed by atoms with Crippen molar-refractivity contribution in [3.63, 3.8) is 0 Å². The van der Waals surface area contributed by atoms with Crippen molar-refractivity contribution in [1.82, 2.24) is 10.6 Å². The molecule has 2 fully saturated rings. The second kappa shape index (κ2) is 4.82. The van der Waals surface area contributed by atoms with Gasteiger partial charge in [0.2, 0.25) is 11.8 Å². The Morgan fingerprint density at radius 2 is 1.75 bits per heavy atom. The largest absolute Gasteiger partial charge is 0.394 e. The van der Waals surface area contributed by atoms with Crippen molar-refractivity contribution in [2.24, 2.45) is 5.92 Å². The van der Waals surface area contributed by atoms with Crippen LogP contribution < -0.4 is 10.6 Å². The fraction of sp³-hybridized carbons (Fsp3) is 0.818. The van der Waals surface area contributed by atoms with E-state index in [2.05, 4.69) is 10.6 Å². The summed E-state index contributed by atoms with van der Waals surface area (Å²) in [5.41, 5.74) is 0. The molecule has 1 aliphatic heterocycles. The van der Waals surface area contributed by atoms with Gasteiger partial charge in [0.05, 0.1) is 6.61 Å². The van der Waals surface area contributed by atoms with Crippen LogP contribution in [0, 0.1) is 5.92 Å². The van der Waals surface area contributed by atoms with Gasteiger partial charge in [-0.05, 0) is 18.8 Å². The number of amides is 2. The lowest BCUT2D eigenvalue weighted by molar-refractivity contribution is -0.139. The normalized spacial score (nSPS) is 32.1. The summed E-state index contributed by atoms with van der Waals surface area (Å²) in [5.74, 6) is -0.152. The highest BCUT2D eigenvalue weighted by molar-refractivity contribution is 5.97. The summed E-state index contributed by atoms with van der Waals surface area (Å²) >= 11 is 0. The molecule has 0 spiro atoms. The molecule has 16 heavy (non-hydrogen) atoms. The maximum absolute atomic E-state index is 11.8. The van der Waals surface area contributed by atoms with Crippen LogP contribution in [-0.4, -0.2) is 35.6 Å². The molecule has 1 saturated carbocycles. The Morgan fingerprint density at radius 3 is 2.38 bits per heavy atom. The average Bonchev–Trinajstić information content (AvgIpc) is 2.32. The summed E-state index contributed by atoms with van der Waals surface area (Å²) in [4.78, 5) is 23.3. The van der Waals surface area contributed by atoms with E-state index >= 15 is 0 Å². The molecule has 0 bridgehead atoms. The van der Waals surface area contributed by atoms with Crippen LogP contribution in [0.3, 0.4) is 0 Å². The molecule has 0 aromatic carbocycles. The van der Waals surface area contributed by atoms with Crippen LogP contribution >= 0.6 is 0 Å². The molecule has 2 atom stereocenters. The number of hydrogen-bond acceptors (Lipinski definition) is 3. The molecule has 3 N–H and O–H groups in total. The lowest BCUT2D eigenvalue weighted by atomic mass is 9.82. The van der Waals surface area contributed by atoms with Crippen LogP contribution in [0.5, 0.6) is 0 Å². The maximum atomic E-state index is 11.8. The van der Waals surface area contributed by atoms with Gasteiger partial charge in [-0.3, -0.25) is 9.59 Å². The minimum Gasteiger partial charge on any atom is -0.394 e. The van der Waals surface area contributed by atoms with E-state index in [1.807, 2.05) is 0 Å². The molecule has 5 nitrogen and oxygen atoms in total. The fourth-order valence-electron chi connectivity index (χ4n) is 2.57. The molecule has 2 aliphatic rings. The standard InChI is InChI=1S/C11H18N2O3/c14-6-8-10(15)13-9(11(16)12-8)7-4-2-1-3-5-7/h7-9,14H,1-6H2,(H,12,16)(H,13,15)/t8?,9-/m0/s1. The second-order valence-electron chi connectivity index (χ2n) is 4.63. The molecule has 1 aliphatic carbocycles. The van der Waals surface area contributed by atoms with Gasteiger partial charge in [0.15, 0.2) is 0 Å². The van der Waals surface area contributed by atoms with Gasteiger partial charge < -0.3 is 15.7 Å². The molecule has 2 rings (SSSR count). The van der Waals surface area contributed by atoms with E-state index in [-0.39, 0.29) is 24.3 Å². The van der Waals surface area contributed by atoms with Crippen molar-refractivity contribution < 1.29 is 14.7 Å². The minimum absolute atomic E-state index is 0.148. The zero-order valence-corrected chi connectivity index (χ0v) is 9.24. The number of aliphatic hydroxyl groups is 1. The molecule has 1 unspecified atom stereocenters. The Kier molecular flexibility index (Phi) is 3.43. The Balaban J connectivity index is 2.00. The first kappa shape index (κ1) is 11.4. The lowest BCUT2D eigenvalue weighted by Crippen LogP contribution is -2.64. The molecule has 0 radical (unpaired) electrons. The van der Waals surface area contributed by atoms with Gasteiger partial charge >= 0.3 is 0 Å². The predicted octanol–water partition coefficient (Wildman–Crippen LogP) is -0.458. The van der Waals surface area contributed by atoms with E-state index in [1.165, 1.54) is 6.42 Å². The van der Waals surface area contributed by atoms with Gasteiger partial charge in [0.25, 0.3) is 0 Å². The Labute approximate surface area is 94.6 Å². The fourth-order valence-corrected chi connectivity index (χ4v) is 2.57. The van der Waals surface area contributed by atoms with Gasteiger partial charge in [-0.1, -0.05) is 19.3 Å². The third kappa shape index (κ3) is 2.19. The van der Waals surface area contributed by atoms with Crippen molar-refractivity contribution >= 4 is 11.8 Å². The minimum atomic E-state index is -0.771. The first-order chi connectivity index (χ1) is 7.72. The Bertz CT molecular complexity index is 287. The number of hydrogen-bond donors (Lipinski definition) is 3. The van der Waals surface area contributed by atoms with Crippen LogP contribution in [0.1, 0.15) is 32.1 Å². The summed E-state index contributed by atoms with van der Waals surface area (Å²) in [6.07, 6.45) is 5.49. The first-order valence-corrected chi connectivity index (χ1v) is 5.94. The lowest BCUT2D eigenvalue weighted by Gasteiger charge is -2.35. The highest BCUT2D eigenvalue weighted by Crippen LogP contribution is 2.27. The third-order valence-corrected chi connectivity index (χ3v) is 3.52. The number of aliphatic hydroxyl groups excluding tert-OH is 1. The Hall–Kier alpha value is -1.10.